The van der Waals surface area contributed by atoms with E-state index >= 15 is 0 Å². The van der Waals surface area contributed by atoms with E-state index in [0.29, 0.717) is 15.9 Å². The smallest absolute Gasteiger partial charge is 0.267 e. The molecule has 0 spiro atoms. The normalized spacial score (nSPS) is 24.0. The van der Waals surface area contributed by atoms with Crippen molar-refractivity contribution in [2.75, 3.05) is 5.32 Å². The first kappa shape index (κ1) is 12.9. The van der Waals surface area contributed by atoms with Crippen LogP contribution in [0.1, 0.15) is 36.1 Å². The topological polar surface area (TPSA) is 70.6 Å². The van der Waals surface area contributed by atoms with Gasteiger partial charge in [0.15, 0.2) is 0 Å². The maximum Gasteiger partial charge on any atom is 0.267 e. The van der Waals surface area contributed by atoms with E-state index in [0.717, 1.165) is 23.3 Å². The number of sulfonamides is 1. The van der Waals surface area contributed by atoms with Crippen molar-refractivity contribution in [3.05, 3.63) is 10.4 Å². The summed E-state index contributed by atoms with van der Waals surface area (Å²) in [5, 5.41) is 3.81. The van der Waals surface area contributed by atoms with Gasteiger partial charge in [0.1, 0.15) is 9.90 Å². The number of aryl methyl sites for hydroxylation is 1. The van der Waals surface area contributed by atoms with Gasteiger partial charge in [0, 0.05) is 4.88 Å². The number of fused-ring (bicyclic) bond motifs is 1. The zero-order valence-corrected chi connectivity index (χ0v) is 12.6. The molecule has 0 radical (unpaired) electrons. The minimum absolute atomic E-state index is 0.244. The molecule has 0 amide bonds. The van der Waals surface area contributed by atoms with Crippen molar-refractivity contribution in [2.24, 2.45) is 4.99 Å². The van der Waals surface area contributed by atoms with Gasteiger partial charge in [-0.25, -0.2) is 18.1 Å². The van der Waals surface area contributed by atoms with E-state index < -0.39 is 10.0 Å². The van der Waals surface area contributed by atoms with Crippen LogP contribution in [0.4, 0.5) is 5.00 Å². The second-order valence-corrected chi connectivity index (χ2v) is 7.93. The number of nitrogens with one attached hydrogen (secondary N) is 2. The van der Waals surface area contributed by atoms with Crippen LogP contribution < -0.4 is 10.0 Å². The van der Waals surface area contributed by atoms with Gasteiger partial charge in [-0.15, -0.1) is 11.3 Å². The van der Waals surface area contributed by atoms with Gasteiger partial charge in [-0.3, -0.25) is 0 Å². The predicted octanol–water partition coefficient (Wildman–Crippen LogP) is 2.37. The van der Waals surface area contributed by atoms with Crippen LogP contribution in [0.3, 0.4) is 0 Å². The van der Waals surface area contributed by atoms with Crippen molar-refractivity contribution >= 4 is 32.3 Å². The first-order valence-corrected chi connectivity index (χ1v) is 8.75. The van der Waals surface area contributed by atoms with Crippen molar-refractivity contribution in [1.29, 1.82) is 0 Å². The molecule has 0 unspecified atom stereocenters. The highest BCUT2D eigenvalue weighted by Gasteiger charge is 2.32. The van der Waals surface area contributed by atoms with Crippen LogP contribution in [-0.4, -0.2) is 20.4 Å². The molecule has 1 aliphatic heterocycles. The summed E-state index contributed by atoms with van der Waals surface area (Å²) in [6.45, 7) is 3.77. The van der Waals surface area contributed by atoms with E-state index in [9.17, 15) is 8.42 Å². The lowest BCUT2D eigenvalue weighted by molar-refractivity contribution is 0.591. The summed E-state index contributed by atoms with van der Waals surface area (Å²) in [5.74, 6) is 0.376. The first-order chi connectivity index (χ1) is 8.97. The Morgan fingerprint density at radius 3 is 2.63 bits per heavy atom. The second kappa shape index (κ2) is 4.49. The molecule has 7 heteroatoms. The summed E-state index contributed by atoms with van der Waals surface area (Å²) in [5.41, 5.74) is 0.819. The van der Waals surface area contributed by atoms with Crippen LogP contribution in [0.15, 0.2) is 9.89 Å². The zero-order valence-electron chi connectivity index (χ0n) is 11.0. The number of anilines is 1. The Morgan fingerprint density at radius 2 is 1.95 bits per heavy atom. The fraction of sp³-hybridized carbons (Fsp3) is 0.583. The number of thiophene rings is 1. The number of guanidine groups is 1. The third kappa shape index (κ3) is 2.25. The van der Waals surface area contributed by atoms with Crippen LogP contribution in [0, 0.1) is 13.8 Å². The van der Waals surface area contributed by atoms with Gasteiger partial charge in [-0.05, 0) is 32.3 Å². The molecule has 1 aromatic rings. The summed E-state index contributed by atoms with van der Waals surface area (Å²) >= 11 is 1.47. The van der Waals surface area contributed by atoms with E-state index in [-0.39, 0.29) is 6.04 Å². The molecule has 1 aromatic heterocycles. The number of nitrogens with zero attached hydrogens (tertiary/aromatic N) is 1. The molecular formula is C12H17N3O2S2. The number of hydrogen-bond acceptors (Lipinski definition) is 4. The van der Waals surface area contributed by atoms with Crippen LogP contribution in [0.25, 0.3) is 0 Å². The minimum Gasteiger partial charge on any atom is -0.316 e. The Hall–Kier alpha value is -1.08. The van der Waals surface area contributed by atoms with Gasteiger partial charge in [-0.2, -0.15) is 0 Å². The lowest BCUT2D eigenvalue weighted by atomic mass is 10.3. The highest BCUT2D eigenvalue weighted by Crippen LogP contribution is 2.37. The van der Waals surface area contributed by atoms with Crippen molar-refractivity contribution in [3.8, 4) is 0 Å². The fourth-order valence-electron chi connectivity index (χ4n) is 2.60. The first-order valence-electron chi connectivity index (χ1n) is 6.45. The summed E-state index contributed by atoms with van der Waals surface area (Å²) in [6.07, 6.45) is 4.44. The van der Waals surface area contributed by atoms with E-state index in [2.05, 4.69) is 15.0 Å². The maximum atomic E-state index is 12.3. The summed E-state index contributed by atoms with van der Waals surface area (Å²) in [6, 6.07) is 0.244. The summed E-state index contributed by atoms with van der Waals surface area (Å²) < 4.78 is 27.1. The summed E-state index contributed by atoms with van der Waals surface area (Å²) in [4.78, 5) is 5.88. The minimum atomic E-state index is -3.48. The molecule has 19 heavy (non-hydrogen) atoms. The Bertz CT molecular complexity index is 640. The van der Waals surface area contributed by atoms with E-state index in [1.54, 1.807) is 0 Å². The molecule has 2 N–H and O–H groups in total. The van der Waals surface area contributed by atoms with Crippen LogP contribution >= 0.6 is 11.3 Å². The SMILES string of the molecule is Cc1sc2c(c1C)S(=O)(=O)NC(=NC1CCCC1)N2. The molecule has 0 saturated heterocycles. The molecule has 0 atom stereocenters. The maximum absolute atomic E-state index is 12.3. The van der Waals surface area contributed by atoms with Gasteiger partial charge in [0.25, 0.3) is 10.0 Å². The fourth-order valence-corrected chi connectivity index (χ4v) is 5.38. The zero-order chi connectivity index (χ0) is 13.6. The average Bonchev–Trinajstić information content (AvgIpc) is 2.88. The molecule has 104 valence electrons. The van der Waals surface area contributed by atoms with E-state index in [4.69, 9.17) is 0 Å². The number of hydrogen-bond donors (Lipinski definition) is 2. The Kier molecular flexibility index (Phi) is 3.05. The van der Waals surface area contributed by atoms with Crippen molar-refractivity contribution in [1.82, 2.24) is 4.72 Å². The summed E-state index contributed by atoms with van der Waals surface area (Å²) in [7, 11) is -3.48. The highest BCUT2D eigenvalue weighted by molar-refractivity contribution is 7.90. The standard InChI is InChI=1S/C12H17N3O2S2/c1-7-8(2)18-11-10(7)19(16,17)15-12(14-11)13-9-5-3-4-6-9/h9H,3-6H2,1-2H3,(H2,13,14,15). The van der Waals surface area contributed by atoms with E-state index in [1.165, 1.54) is 24.2 Å². The molecule has 2 aliphatic rings. The molecule has 1 saturated carbocycles. The van der Waals surface area contributed by atoms with Crippen molar-refractivity contribution in [3.63, 3.8) is 0 Å². The molecule has 1 fully saturated rings. The van der Waals surface area contributed by atoms with Crippen LogP contribution in [0.5, 0.6) is 0 Å². The highest BCUT2D eigenvalue weighted by atomic mass is 32.2. The van der Waals surface area contributed by atoms with Gasteiger partial charge in [0.2, 0.25) is 5.96 Å². The number of aliphatic imine (C=N–C) groups is 1. The van der Waals surface area contributed by atoms with E-state index in [1.807, 2.05) is 13.8 Å². The van der Waals surface area contributed by atoms with Crippen molar-refractivity contribution in [2.45, 2.75) is 50.5 Å². The lowest BCUT2D eigenvalue weighted by Crippen LogP contribution is -2.41. The largest absolute Gasteiger partial charge is 0.316 e. The molecular weight excluding hydrogens is 282 g/mol. The van der Waals surface area contributed by atoms with Crippen molar-refractivity contribution < 1.29 is 8.42 Å². The predicted molar refractivity (Wildman–Crippen MR) is 77.4 cm³/mol. The Morgan fingerprint density at radius 1 is 1.26 bits per heavy atom. The monoisotopic (exact) mass is 299 g/mol. The molecule has 3 rings (SSSR count). The van der Waals surface area contributed by atoms with Gasteiger partial charge >= 0.3 is 0 Å². The third-order valence-electron chi connectivity index (χ3n) is 3.70. The lowest BCUT2D eigenvalue weighted by Gasteiger charge is -2.20. The molecule has 1 aliphatic carbocycles. The van der Waals surface area contributed by atoms with Gasteiger partial charge in [0.05, 0.1) is 6.04 Å². The van der Waals surface area contributed by atoms with Gasteiger partial charge < -0.3 is 5.32 Å². The Labute approximate surface area is 117 Å². The van der Waals surface area contributed by atoms with Gasteiger partial charge in [-0.1, -0.05) is 12.8 Å². The average molecular weight is 299 g/mol. The Balaban J connectivity index is 1.99. The molecule has 5 nitrogen and oxygen atoms in total. The molecule has 0 aromatic carbocycles. The molecule has 0 bridgehead atoms. The van der Waals surface area contributed by atoms with Crippen LogP contribution in [0.2, 0.25) is 0 Å². The molecule has 2 heterocycles. The quantitative estimate of drug-likeness (QED) is 0.836. The number of rotatable bonds is 1. The third-order valence-corrected chi connectivity index (χ3v) is 6.46. The van der Waals surface area contributed by atoms with Crippen LogP contribution in [-0.2, 0) is 10.0 Å². The second-order valence-electron chi connectivity index (χ2n) is 5.09.